The Morgan fingerprint density at radius 3 is 2.82 bits per heavy atom. The number of aliphatic hydroxyl groups is 1. The van der Waals surface area contributed by atoms with Gasteiger partial charge in [-0.15, -0.1) is 0 Å². The molecule has 4 atom stereocenters. The van der Waals surface area contributed by atoms with Crippen LogP contribution in [0, 0.1) is 5.92 Å². The highest BCUT2D eigenvalue weighted by molar-refractivity contribution is 9.09. The first-order valence-corrected chi connectivity index (χ1v) is 9.37. The number of aliphatic hydroxyl groups excluding tert-OH is 1. The molecule has 130 valence electrons. The van der Waals surface area contributed by atoms with E-state index >= 15 is 0 Å². The number of hydrogen-bond donors (Lipinski definition) is 1. The number of unbranched alkanes of at least 4 members (excludes halogenated alkanes) is 1. The smallest absolute Gasteiger partial charge is 0.305 e. The van der Waals surface area contributed by atoms with E-state index in [-0.39, 0.29) is 18.0 Å². The second-order valence-corrected chi connectivity index (χ2v) is 6.85. The molecule has 0 aliphatic carbocycles. The molecular formula is C16H30BrNO4. The second-order valence-electron chi connectivity index (χ2n) is 6.06. The van der Waals surface area contributed by atoms with E-state index < -0.39 is 6.29 Å². The van der Waals surface area contributed by atoms with Gasteiger partial charge in [0.25, 0.3) is 0 Å². The molecule has 1 aliphatic rings. The van der Waals surface area contributed by atoms with Crippen LogP contribution >= 0.6 is 15.9 Å². The Labute approximate surface area is 142 Å². The normalized spacial score (nSPS) is 28.8. The first-order valence-electron chi connectivity index (χ1n) is 8.24. The Hall–Kier alpha value is -0.170. The van der Waals surface area contributed by atoms with Crippen LogP contribution in [0.1, 0.15) is 46.0 Å². The van der Waals surface area contributed by atoms with E-state index in [4.69, 9.17) is 9.47 Å². The standard InChI is InChI=1S/C16H30BrNO4/c1-4-13-14(11-12(2)22-16(13)20)18(3)9-6-5-7-15(19)21-10-8-17/h12-14,16,20H,4-11H2,1-3H3/t12-,13-,14?,16-/m1/s1. The van der Waals surface area contributed by atoms with Gasteiger partial charge in [0.2, 0.25) is 0 Å². The maximum atomic E-state index is 11.4. The van der Waals surface area contributed by atoms with E-state index in [1.54, 1.807) is 0 Å². The molecule has 0 spiro atoms. The van der Waals surface area contributed by atoms with E-state index in [0.717, 1.165) is 32.2 Å². The van der Waals surface area contributed by atoms with Crippen LogP contribution in [-0.2, 0) is 14.3 Å². The van der Waals surface area contributed by atoms with Gasteiger partial charge in [-0.25, -0.2) is 0 Å². The summed E-state index contributed by atoms with van der Waals surface area (Å²) in [5.41, 5.74) is 0. The van der Waals surface area contributed by atoms with Gasteiger partial charge in [0.1, 0.15) is 6.61 Å². The van der Waals surface area contributed by atoms with E-state index in [1.165, 1.54) is 0 Å². The summed E-state index contributed by atoms with van der Waals surface area (Å²) in [6.45, 7) is 5.46. The van der Waals surface area contributed by atoms with E-state index in [0.29, 0.717) is 24.4 Å². The van der Waals surface area contributed by atoms with Crippen LogP contribution in [0.2, 0.25) is 0 Å². The van der Waals surface area contributed by atoms with Crippen molar-refractivity contribution in [2.24, 2.45) is 5.92 Å². The van der Waals surface area contributed by atoms with Gasteiger partial charge in [-0.2, -0.15) is 0 Å². The summed E-state index contributed by atoms with van der Waals surface area (Å²) in [6.07, 6.45) is 3.54. The van der Waals surface area contributed by atoms with E-state index in [2.05, 4.69) is 34.8 Å². The quantitative estimate of drug-likeness (QED) is 0.379. The van der Waals surface area contributed by atoms with Crippen molar-refractivity contribution in [2.75, 3.05) is 25.5 Å². The maximum Gasteiger partial charge on any atom is 0.305 e. The number of rotatable bonds is 9. The largest absolute Gasteiger partial charge is 0.465 e. The van der Waals surface area contributed by atoms with Crippen LogP contribution in [0.3, 0.4) is 0 Å². The number of hydrogen-bond acceptors (Lipinski definition) is 5. The molecule has 0 aromatic heterocycles. The van der Waals surface area contributed by atoms with Gasteiger partial charge in [0.15, 0.2) is 6.29 Å². The van der Waals surface area contributed by atoms with Crippen LogP contribution in [0.25, 0.3) is 0 Å². The summed E-state index contributed by atoms with van der Waals surface area (Å²) in [4.78, 5) is 13.7. The van der Waals surface area contributed by atoms with Crippen molar-refractivity contribution in [3.63, 3.8) is 0 Å². The molecule has 1 fully saturated rings. The van der Waals surface area contributed by atoms with E-state index in [9.17, 15) is 9.90 Å². The zero-order valence-electron chi connectivity index (χ0n) is 14.0. The molecule has 0 saturated carbocycles. The third-order valence-corrected chi connectivity index (χ3v) is 4.65. The second kappa shape index (κ2) is 10.6. The molecule has 1 rings (SSSR count). The molecule has 1 unspecified atom stereocenters. The fraction of sp³-hybridized carbons (Fsp3) is 0.938. The molecule has 22 heavy (non-hydrogen) atoms. The number of carbonyl (C=O) groups excluding carboxylic acids is 1. The van der Waals surface area contributed by atoms with Gasteiger partial charge in [-0.05, 0) is 46.2 Å². The minimum Gasteiger partial charge on any atom is -0.465 e. The summed E-state index contributed by atoms with van der Waals surface area (Å²) in [7, 11) is 2.10. The van der Waals surface area contributed by atoms with E-state index in [1.807, 2.05) is 6.92 Å². The van der Waals surface area contributed by atoms with Crippen molar-refractivity contribution in [1.29, 1.82) is 0 Å². The topological polar surface area (TPSA) is 59.0 Å². The van der Waals surface area contributed by atoms with Gasteiger partial charge in [-0.1, -0.05) is 22.9 Å². The molecule has 1 heterocycles. The lowest BCUT2D eigenvalue weighted by Gasteiger charge is -2.42. The highest BCUT2D eigenvalue weighted by Crippen LogP contribution is 2.30. The molecule has 0 aromatic rings. The lowest BCUT2D eigenvalue weighted by atomic mass is 9.88. The molecule has 0 bridgehead atoms. The average molecular weight is 380 g/mol. The first kappa shape index (κ1) is 19.9. The molecule has 0 aromatic carbocycles. The lowest BCUT2D eigenvalue weighted by molar-refractivity contribution is -0.209. The minimum atomic E-state index is -0.666. The van der Waals surface area contributed by atoms with Gasteiger partial charge in [0.05, 0.1) is 6.10 Å². The third kappa shape index (κ3) is 6.52. The summed E-state index contributed by atoms with van der Waals surface area (Å²) in [5, 5.41) is 10.8. The van der Waals surface area contributed by atoms with Gasteiger partial charge < -0.3 is 19.5 Å². The molecule has 1 aliphatic heterocycles. The molecule has 5 nitrogen and oxygen atoms in total. The van der Waals surface area contributed by atoms with Crippen LogP contribution in [0.5, 0.6) is 0 Å². The molecule has 1 N–H and O–H groups in total. The monoisotopic (exact) mass is 379 g/mol. The summed E-state index contributed by atoms with van der Waals surface area (Å²) in [6, 6.07) is 0.337. The van der Waals surface area contributed by atoms with Gasteiger partial charge >= 0.3 is 5.97 Å². The zero-order valence-corrected chi connectivity index (χ0v) is 15.5. The van der Waals surface area contributed by atoms with Crippen molar-refractivity contribution < 1.29 is 19.4 Å². The predicted molar refractivity (Wildman–Crippen MR) is 90.0 cm³/mol. The van der Waals surface area contributed by atoms with Crippen LogP contribution < -0.4 is 0 Å². The Kier molecular flexibility index (Phi) is 9.55. The number of alkyl halides is 1. The lowest BCUT2D eigenvalue weighted by Crippen LogP contribution is -2.50. The number of halogens is 1. The Balaban J connectivity index is 2.31. The molecular weight excluding hydrogens is 350 g/mol. The molecule has 0 amide bonds. The van der Waals surface area contributed by atoms with Gasteiger partial charge in [0, 0.05) is 23.7 Å². The number of nitrogens with zero attached hydrogens (tertiary/aromatic N) is 1. The number of esters is 1. The first-order chi connectivity index (χ1) is 10.5. The summed E-state index contributed by atoms with van der Waals surface area (Å²) < 4.78 is 10.6. The fourth-order valence-corrected chi connectivity index (χ4v) is 3.26. The molecule has 1 saturated heterocycles. The van der Waals surface area contributed by atoms with Crippen LogP contribution in [-0.4, -0.2) is 59.9 Å². The SMILES string of the molecule is CC[C@@H]1C(N(C)CCCCC(=O)OCCBr)C[C@@H](C)O[C@H]1O. The third-order valence-electron chi connectivity index (χ3n) is 4.33. The number of ether oxygens (including phenoxy) is 2. The fourth-order valence-electron chi connectivity index (χ4n) is 3.10. The Bertz CT molecular complexity index is 329. The highest BCUT2D eigenvalue weighted by Gasteiger charge is 2.36. The summed E-state index contributed by atoms with van der Waals surface area (Å²) in [5.74, 6) is 0.0359. The van der Waals surface area contributed by atoms with Crippen molar-refractivity contribution in [3.05, 3.63) is 0 Å². The minimum absolute atomic E-state index is 0.0875. The Morgan fingerprint density at radius 1 is 1.45 bits per heavy atom. The summed E-state index contributed by atoms with van der Waals surface area (Å²) >= 11 is 3.23. The van der Waals surface area contributed by atoms with Gasteiger partial charge in [-0.3, -0.25) is 4.79 Å². The molecule has 0 radical (unpaired) electrons. The average Bonchev–Trinajstić information content (AvgIpc) is 2.48. The van der Waals surface area contributed by atoms with Crippen molar-refractivity contribution >= 4 is 21.9 Å². The van der Waals surface area contributed by atoms with Crippen molar-refractivity contribution in [3.8, 4) is 0 Å². The van der Waals surface area contributed by atoms with Crippen molar-refractivity contribution in [2.45, 2.75) is 64.4 Å². The van der Waals surface area contributed by atoms with Crippen LogP contribution in [0.15, 0.2) is 0 Å². The highest BCUT2D eigenvalue weighted by atomic mass is 79.9. The molecule has 6 heteroatoms. The Morgan fingerprint density at radius 2 is 2.18 bits per heavy atom. The van der Waals surface area contributed by atoms with Crippen molar-refractivity contribution in [1.82, 2.24) is 4.90 Å². The predicted octanol–water partition coefficient (Wildman–Crippen LogP) is 2.55. The number of carbonyl (C=O) groups is 1. The maximum absolute atomic E-state index is 11.4. The zero-order chi connectivity index (χ0) is 16.5. The van der Waals surface area contributed by atoms with Crippen LogP contribution in [0.4, 0.5) is 0 Å².